The van der Waals surface area contributed by atoms with Crippen LogP contribution in [0.25, 0.3) is 5.69 Å². The van der Waals surface area contributed by atoms with Crippen LogP contribution in [0, 0.1) is 13.8 Å². The number of aryl methyl sites for hydroxylation is 2. The molecule has 0 aliphatic carbocycles. The van der Waals surface area contributed by atoms with Gasteiger partial charge in [-0.3, -0.25) is 24.9 Å². The second kappa shape index (κ2) is 10.2. The molecule has 3 N–H and O–H groups in total. The third-order valence-corrected chi connectivity index (χ3v) is 6.46. The van der Waals surface area contributed by atoms with E-state index >= 15 is 0 Å². The molecule has 4 rings (SSSR count). The molecular formula is C23H26N6O4S. The highest BCUT2D eigenvalue weighted by molar-refractivity contribution is 7.15. The van der Waals surface area contributed by atoms with Crippen LogP contribution in [-0.4, -0.2) is 58.6 Å². The summed E-state index contributed by atoms with van der Waals surface area (Å²) >= 11 is 1.07. The van der Waals surface area contributed by atoms with Crippen molar-refractivity contribution in [2.45, 2.75) is 20.8 Å². The number of benzene rings is 1. The van der Waals surface area contributed by atoms with Crippen molar-refractivity contribution in [2.24, 2.45) is 5.10 Å². The fourth-order valence-electron chi connectivity index (χ4n) is 3.55. The smallest absolute Gasteiger partial charge is 0.281 e. The number of hydrogen-bond donors (Lipinski definition) is 3. The molecule has 0 bridgehead atoms. The van der Waals surface area contributed by atoms with Gasteiger partial charge in [0.15, 0.2) is 0 Å². The van der Waals surface area contributed by atoms with Gasteiger partial charge in [-0.05, 0) is 45.0 Å². The van der Waals surface area contributed by atoms with Gasteiger partial charge >= 0.3 is 0 Å². The third kappa shape index (κ3) is 5.16. The average Bonchev–Trinajstić information content (AvgIpc) is 3.43. The number of hydrazine groups is 1. The Labute approximate surface area is 200 Å². The number of ether oxygens (including phenoxy) is 1. The second-order valence-electron chi connectivity index (χ2n) is 7.93. The summed E-state index contributed by atoms with van der Waals surface area (Å²) in [5.41, 5.74) is 8.25. The lowest BCUT2D eigenvalue weighted by Crippen LogP contribution is -2.48. The van der Waals surface area contributed by atoms with Crippen LogP contribution in [0.2, 0.25) is 0 Å². The number of rotatable bonds is 6. The first-order chi connectivity index (χ1) is 16.3. The summed E-state index contributed by atoms with van der Waals surface area (Å²) < 4.78 is 6.71. The molecule has 0 radical (unpaired) electrons. The van der Waals surface area contributed by atoms with Gasteiger partial charge < -0.3 is 4.74 Å². The molecule has 10 nitrogen and oxygen atoms in total. The molecule has 3 aromatic rings. The Morgan fingerprint density at radius 3 is 2.35 bits per heavy atom. The molecule has 2 amide bonds. The molecule has 1 fully saturated rings. The Balaban J connectivity index is 1.44. The zero-order chi connectivity index (χ0) is 24.2. The van der Waals surface area contributed by atoms with Gasteiger partial charge in [-0.25, -0.2) is 15.1 Å². The van der Waals surface area contributed by atoms with E-state index < -0.39 is 5.91 Å². The fraction of sp³-hybridized carbons (Fsp3) is 0.304. The number of thiophene rings is 1. The van der Waals surface area contributed by atoms with Crippen LogP contribution in [0.4, 0.5) is 0 Å². The van der Waals surface area contributed by atoms with Crippen molar-refractivity contribution < 1.29 is 14.3 Å². The second-order valence-corrected chi connectivity index (χ2v) is 9.01. The van der Waals surface area contributed by atoms with Crippen LogP contribution in [0.3, 0.4) is 0 Å². The van der Waals surface area contributed by atoms with Crippen LogP contribution in [0.15, 0.2) is 46.3 Å². The molecule has 1 aliphatic heterocycles. The van der Waals surface area contributed by atoms with E-state index in [1.54, 1.807) is 31.0 Å². The minimum absolute atomic E-state index is 0.255. The van der Waals surface area contributed by atoms with Gasteiger partial charge in [0.2, 0.25) is 0 Å². The molecule has 1 aliphatic rings. The van der Waals surface area contributed by atoms with E-state index in [1.807, 2.05) is 31.2 Å². The number of morpholine rings is 1. The van der Waals surface area contributed by atoms with Crippen molar-refractivity contribution in [2.75, 3.05) is 26.3 Å². The Morgan fingerprint density at radius 2 is 1.68 bits per heavy atom. The van der Waals surface area contributed by atoms with Crippen molar-refractivity contribution in [1.29, 1.82) is 0 Å². The molecule has 0 atom stereocenters. The molecule has 11 heteroatoms. The fourth-order valence-corrected chi connectivity index (χ4v) is 4.34. The van der Waals surface area contributed by atoms with Crippen molar-refractivity contribution >= 4 is 28.9 Å². The van der Waals surface area contributed by atoms with Crippen LogP contribution < -0.4 is 16.4 Å². The van der Waals surface area contributed by atoms with E-state index in [1.165, 1.54) is 4.68 Å². The summed E-state index contributed by atoms with van der Waals surface area (Å²) in [5.74, 6) is -0.730. The van der Waals surface area contributed by atoms with Crippen LogP contribution >= 0.6 is 11.3 Å². The lowest BCUT2D eigenvalue weighted by atomic mass is 10.2. The molecule has 3 heterocycles. The SMILES string of the molecule is CC(=NNC(=O)c1ccc(C(=O)NN2CCOCC2)s1)c1c(C)[nH]n(-c2ccc(C)cc2)c1=O. The van der Waals surface area contributed by atoms with E-state index in [9.17, 15) is 14.4 Å². The maximum Gasteiger partial charge on any atom is 0.281 e. The van der Waals surface area contributed by atoms with Gasteiger partial charge in [0.05, 0.1) is 39.9 Å². The number of aromatic nitrogens is 2. The predicted molar refractivity (Wildman–Crippen MR) is 130 cm³/mol. The minimum Gasteiger partial charge on any atom is -0.379 e. The summed E-state index contributed by atoms with van der Waals surface area (Å²) in [6, 6.07) is 10.7. The van der Waals surface area contributed by atoms with Gasteiger partial charge in [-0.15, -0.1) is 11.3 Å². The quantitative estimate of drug-likeness (QED) is 0.367. The number of nitrogens with zero attached hydrogens (tertiary/aromatic N) is 3. The molecule has 0 spiro atoms. The van der Waals surface area contributed by atoms with E-state index in [4.69, 9.17) is 4.74 Å². The first-order valence-corrected chi connectivity index (χ1v) is 11.6. The van der Waals surface area contributed by atoms with Gasteiger partial charge in [0.25, 0.3) is 17.4 Å². The van der Waals surface area contributed by atoms with Crippen molar-refractivity contribution in [3.05, 3.63) is 73.3 Å². The third-order valence-electron chi connectivity index (χ3n) is 5.37. The molecule has 178 valence electrons. The Hall–Kier alpha value is -3.54. The maximum absolute atomic E-state index is 13.0. The summed E-state index contributed by atoms with van der Waals surface area (Å²) in [6.07, 6.45) is 0. The summed E-state index contributed by atoms with van der Waals surface area (Å²) in [6.45, 7) is 7.77. The standard InChI is InChI=1S/C23H26N6O4S/c1-14-4-6-17(7-5-14)29-23(32)20(16(3)26-29)15(2)24-25-21(30)18-8-9-19(34-18)22(31)27-28-10-12-33-13-11-28/h4-9,26H,10-13H2,1-3H3,(H,25,30)(H,27,31). The molecule has 1 saturated heterocycles. The monoisotopic (exact) mass is 482 g/mol. The highest BCUT2D eigenvalue weighted by atomic mass is 32.1. The number of H-pyrrole nitrogens is 1. The van der Waals surface area contributed by atoms with E-state index in [0.29, 0.717) is 58.7 Å². The molecule has 2 aromatic heterocycles. The van der Waals surface area contributed by atoms with Crippen molar-refractivity contribution in [1.82, 2.24) is 25.6 Å². The lowest BCUT2D eigenvalue weighted by Gasteiger charge is -2.26. The number of nitrogens with one attached hydrogen (secondary N) is 3. The normalized spacial score (nSPS) is 14.7. The summed E-state index contributed by atoms with van der Waals surface area (Å²) in [7, 11) is 0. The lowest BCUT2D eigenvalue weighted by molar-refractivity contribution is 0.0127. The first kappa shape index (κ1) is 23.6. The van der Waals surface area contributed by atoms with Crippen molar-refractivity contribution in [3.8, 4) is 5.69 Å². The number of hydrogen-bond acceptors (Lipinski definition) is 7. The van der Waals surface area contributed by atoms with Gasteiger partial charge in [-0.1, -0.05) is 17.7 Å². The maximum atomic E-state index is 13.0. The largest absolute Gasteiger partial charge is 0.379 e. The number of hydrazone groups is 1. The Bertz CT molecular complexity index is 1280. The Morgan fingerprint density at radius 1 is 1.03 bits per heavy atom. The van der Waals surface area contributed by atoms with Gasteiger partial charge in [0.1, 0.15) is 0 Å². The van der Waals surface area contributed by atoms with Gasteiger partial charge in [0, 0.05) is 18.8 Å². The number of aromatic amines is 1. The van der Waals surface area contributed by atoms with Crippen LogP contribution in [0.5, 0.6) is 0 Å². The van der Waals surface area contributed by atoms with Crippen LogP contribution in [0.1, 0.15) is 43.1 Å². The number of carbonyl (C=O) groups excluding carboxylic acids is 2. The summed E-state index contributed by atoms with van der Waals surface area (Å²) in [5, 5.41) is 8.98. The number of amides is 2. The highest BCUT2D eigenvalue weighted by Gasteiger charge is 2.19. The topological polar surface area (TPSA) is 121 Å². The predicted octanol–water partition coefficient (Wildman–Crippen LogP) is 1.97. The Kier molecular flexibility index (Phi) is 7.06. The molecule has 1 aromatic carbocycles. The van der Waals surface area contributed by atoms with Crippen LogP contribution in [-0.2, 0) is 4.74 Å². The minimum atomic E-state index is -0.457. The average molecular weight is 483 g/mol. The zero-order valence-electron chi connectivity index (χ0n) is 19.2. The van der Waals surface area contributed by atoms with E-state index in [2.05, 4.69) is 21.1 Å². The highest BCUT2D eigenvalue weighted by Crippen LogP contribution is 2.17. The van der Waals surface area contributed by atoms with Gasteiger partial charge in [-0.2, -0.15) is 5.10 Å². The molecule has 0 saturated carbocycles. The first-order valence-electron chi connectivity index (χ1n) is 10.8. The van der Waals surface area contributed by atoms with E-state index in [-0.39, 0.29) is 11.5 Å². The van der Waals surface area contributed by atoms with Crippen molar-refractivity contribution in [3.63, 3.8) is 0 Å². The van der Waals surface area contributed by atoms with E-state index in [0.717, 1.165) is 16.9 Å². The summed E-state index contributed by atoms with van der Waals surface area (Å²) in [4.78, 5) is 38.7. The molecular weight excluding hydrogens is 456 g/mol. The zero-order valence-corrected chi connectivity index (χ0v) is 20.0. The molecule has 34 heavy (non-hydrogen) atoms. The number of carbonyl (C=O) groups is 2. The molecule has 0 unspecified atom stereocenters.